The summed E-state index contributed by atoms with van der Waals surface area (Å²) in [6, 6.07) is 3.26. The van der Waals surface area contributed by atoms with Crippen molar-refractivity contribution in [2.75, 3.05) is 0 Å². The van der Waals surface area contributed by atoms with E-state index in [1.807, 2.05) is 6.07 Å². The van der Waals surface area contributed by atoms with E-state index in [4.69, 9.17) is 5.73 Å². The minimum absolute atomic E-state index is 0.00241. The third-order valence-electron chi connectivity index (χ3n) is 3.79. The molecule has 1 aliphatic carbocycles. The molecule has 1 amide bonds. The average molecular weight is 248 g/mol. The molecule has 1 aromatic rings. The topological polar surface area (TPSA) is 75.3 Å². The Hall–Kier alpha value is -1.55. The monoisotopic (exact) mass is 248 g/mol. The Morgan fingerprint density at radius 3 is 2.78 bits per heavy atom. The first kappa shape index (κ1) is 12.9. The van der Waals surface area contributed by atoms with Crippen molar-refractivity contribution < 1.29 is 9.90 Å². The Balaban J connectivity index is 2.35. The largest absolute Gasteiger partial charge is 0.508 e. The van der Waals surface area contributed by atoms with Gasteiger partial charge in [0.05, 0.1) is 6.04 Å². The number of hydrogen-bond donors (Lipinski definition) is 3. The van der Waals surface area contributed by atoms with Gasteiger partial charge in [-0.3, -0.25) is 10.1 Å². The Morgan fingerprint density at radius 1 is 1.50 bits per heavy atom. The molecule has 4 nitrogen and oxygen atoms in total. The molecule has 0 bridgehead atoms. The summed E-state index contributed by atoms with van der Waals surface area (Å²) >= 11 is 0. The molecule has 0 fully saturated rings. The molecular formula is C14H20N2O2. The summed E-state index contributed by atoms with van der Waals surface area (Å²) in [7, 11) is 0. The summed E-state index contributed by atoms with van der Waals surface area (Å²) in [4.78, 5) is 11.1. The number of carbonyl (C=O) groups excluding carboxylic acids is 1. The van der Waals surface area contributed by atoms with Gasteiger partial charge in [-0.25, -0.2) is 0 Å². The van der Waals surface area contributed by atoms with Gasteiger partial charge in [0.1, 0.15) is 5.75 Å². The molecule has 1 aliphatic rings. The molecule has 3 atom stereocenters. The van der Waals surface area contributed by atoms with Crippen LogP contribution in [0.15, 0.2) is 12.1 Å². The predicted octanol–water partition coefficient (Wildman–Crippen LogP) is 1.71. The molecular weight excluding hydrogens is 228 g/mol. The number of benzene rings is 1. The summed E-state index contributed by atoms with van der Waals surface area (Å²) in [6.45, 7) is 5.94. The van der Waals surface area contributed by atoms with Crippen molar-refractivity contribution in [2.24, 2.45) is 5.73 Å². The molecule has 4 N–H and O–H groups in total. The van der Waals surface area contributed by atoms with Crippen molar-refractivity contribution >= 4 is 5.91 Å². The van der Waals surface area contributed by atoms with Gasteiger partial charge in [0, 0.05) is 11.6 Å². The molecule has 0 spiro atoms. The van der Waals surface area contributed by atoms with Gasteiger partial charge >= 0.3 is 0 Å². The number of hydrogen-bond acceptors (Lipinski definition) is 3. The van der Waals surface area contributed by atoms with E-state index in [9.17, 15) is 9.90 Å². The van der Waals surface area contributed by atoms with E-state index in [0.29, 0.717) is 11.7 Å². The van der Waals surface area contributed by atoms with E-state index in [1.165, 1.54) is 11.1 Å². The van der Waals surface area contributed by atoms with Crippen LogP contribution in [0.1, 0.15) is 48.9 Å². The van der Waals surface area contributed by atoms with Crippen molar-refractivity contribution in [3.63, 3.8) is 0 Å². The van der Waals surface area contributed by atoms with Crippen LogP contribution in [-0.4, -0.2) is 17.1 Å². The highest BCUT2D eigenvalue weighted by atomic mass is 16.3. The van der Waals surface area contributed by atoms with Gasteiger partial charge in [0.2, 0.25) is 5.91 Å². The zero-order valence-electron chi connectivity index (χ0n) is 11.0. The number of amides is 1. The standard InChI is InChI=1S/C14H20N2O2/c1-7-4-5-11(17)13-10(6-8(2)12(7)13)16-9(3)14(15)18/h4-5,8-10,16-17H,6H2,1-3H3,(H2,15,18). The lowest BCUT2D eigenvalue weighted by Crippen LogP contribution is -2.40. The summed E-state index contributed by atoms with van der Waals surface area (Å²) in [5.74, 6) is 0.307. The van der Waals surface area contributed by atoms with Gasteiger partial charge < -0.3 is 10.8 Å². The van der Waals surface area contributed by atoms with Crippen molar-refractivity contribution in [1.29, 1.82) is 0 Å². The number of carbonyl (C=O) groups is 1. The Kier molecular flexibility index (Phi) is 3.30. The second-order valence-corrected chi connectivity index (χ2v) is 5.21. The van der Waals surface area contributed by atoms with Gasteiger partial charge in [0.25, 0.3) is 0 Å². The first-order chi connectivity index (χ1) is 8.41. The van der Waals surface area contributed by atoms with Gasteiger partial charge in [-0.2, -0.15) is 0 Å². The SMILES string of the molecule is Cc1ccc(O)c2c1C(C)CC2NC(C)C(N)=O. The maximum absolute atomic E-state index is 11.1. The first-order valence-corrected chi connectivity index (χ1v) is 6.29. The van der Waals surface area contributed by atoms with Crippen molar-refractivity contribution in [2.45, 2.75) is 45.2 Å². The van der Waals surface area contributed by atoms with E-state index < -0.39 is 6.04 Å². The third kappa shape index (κ3) is 2.08. The molecule has 1 aromatic carbocycles. The molecule has 98 valence electrons. The van der Waals surface area contributed by atoms with Gasteiger partial charge in [-0.05, 0) is 43.4 Å². The minimum Gasteiger partial charge on any atom is -0.508 e. The van der Waals surface area contributed by atoms with Crippen LogP contribution in [0.4, 0.5) is 0 Å². The lowest BCUT2D eigenvalue weighted by atomic mass is 9.97. The van der Waals surface area contributed by atoms with E-state index in [0.717, 1.165) is 12.0 Å². The lowest BCUT2D eigenvalue weighted by molar-refractivity contribution is -0.119. The normalized spacial score (nSPS) is 23.7. The second kappa shape index (κ2) is 4.61. The molecule has 0 aliphatic heterocycles. The van der Waals surface area contributed by atoms with Crippen LogP contribution in [0.3, 0.4) is 0 Å². The quantitative estimate of drug-likeness (QED) is 0.762. The van der Waals surface area contributed by atoms with Crippen LogP contribution in [0.25, 0.3) is 0 Å². The van der Waals surface area contributed by atoms with Crippen LogP contribution in [-0.2, 0) is 4.79 Å². The van der Waals surface area contributed by atoms with Gasteiger partial charge in [-0.15, -0.1) is 0 Å². The Bertz CT molecular complexity index is 485. The van der Waals surface area contributed by atoms with Crippen LogP contribution >= 0.6 is 0 Å². The zero-order valence-corrected chi connectivity index (χ0v) is 11.0. The molecule has 0 saturated heterocycles. The number of fused-ring (bicyclic) bond motifs is 1. The summed E-state index contributed by atoms with van der Waals surface area (Å²) in [5.41, 5.74) is 8.58. The molecule has 0 heterocycles. The fraction of sp³-hybridized carbons (Fsp3) is 0.500. The van der Waals surface area contributed by atoms with Crippen LogP contribution < -0.4 is 11.1 Å². The second-order valence-electron chi connectivity index (χ2n) is 5.21. The number of nitrogens with one attached hydrogen (secondary N) is 1. The fourth-order valence-electron chi connectivity index (χ4n) is 2.88. The number of phenols is 1. The predicted molar refractivity (Wildman–Crippen MR) is 70.4 cm³/mol. The Labute approximate surface area is 107 Å². The third-order valence-corrected chi connectivity index (χ3v) is 3.79. The number of phenolic OH excluding ortho intramolecular Hbond substituents is 1. The van der Waals surface area contributed by atoms with Gasteiger partial charge in [0.15, 0.2) is 0 Å². The minimum atomic E-state index is -0.395. The van der Waals surface area contributed by atoms with E-state index in [2.05, 4.69) is 19.2 Å². The zero-order chi connectivity index (χ0) is 13.4. The van der Waals surface area contributed by atoms with Gasteiger partial charge in [-0.1, -0.05) is 13.0 Å². The number of aromatic hydroxyl groups is 1. The number of aryl methyl sites for hydroxylation is 1. The van der Waals surface area contributed by atoms with E-state index in [1.54, 1.807) is 13.0 Å². The summed E-state index contributed by atoms with van der Waals surface area (Å²) in [6.07, 6.45) is 0.880. The van der Waals surface area contributed by atoms with Crippen molar-refractivity contribution in [1.82, 2.24) is 5.32 Å². The Morgan fingerprint density at radius 2 is 2.17 bits per heavy atom. The first-order valence-electron chi connectivity index (χ1n) is 6.29. The smallest absolute Gasteiger partial charge is 0.234 e. The van der Waals surface area contributed by atoms with Crippen LogP contribution in [0.2, 0.25) is 0 Å². The average Bonchev–Trinajstić information content (AvgIpc) is 2.62. The number of rotatable bonds is 3. The van der Waals surface area contributed by atoms with E-state index >= 15 is 0 Å². The molecule has 0 saturated carbocycles. The summed E-state index contributed by atoms with van der Waals surface area (Å²) < 4.78 is 0. The molecule has 0 aromatic heterocycles. The maximum Gasteiger partial charge on any atom is 0.234 e. The number of nitrogens with two attached hydrogens (primary N) is 1. The number of primary amides is 1. The fourth-order valence-corrected chi connectivity index (χ4v) is 2.88. The molecule has 2 rings (SSSR count). The molecule has 18 heavy (non-hydrogen) atoms. The molecule has 3 unspecified atom stereocenters. The van der Waals surface area contributed by atoms with Crippen LogP contribution in [0.5, 0.6) is 5.75 Å². The maximum atomic E-state index is 11.1. The van der Waals surface area contributed by atoms with Crippen molar-refractivity contribution in [3.05, 3.63) is 28.8 Å². The molecule has 4 heteroatoms. The lowest BCUT2D eigenvalue weighted by Gasteiger charge is -2.19. The highest BCUT2D eigenvalue weighted by Gasteiger charge is 2.33. The van der Waals surface area contributed by atoms with Crippen LogP contribution in [0, 0.1) is 6.92 Å². The molecule has 0 radical (unpaired) electrons. The van der Waals surface area contributed by atoms with E-state index in [-0.39, 0.29) is 11.9 Å². The highest BCUT2D eigenvalue weighted by molar-refractivity contribution is 5.79. The highest BCUT2D eigenvalue weighted by Crippen LogP contribution is 2.45. The van der Waals surface area contributed by atoms with Crippen molar-refractivity contribution in [3.8, 4) is 5.75 Å². The summed E-state index contributed by atoms with van der Waals surface area (Å²) in [5, 5.41) is 13.2.